The zero-order chi connectivity index (χ0) is 24.0. The van der Waals surface area contributed by atoms with Gasteiger partial charge in [-0.2, -0.15) is 8.42 Å². The van der Waals surface area contributed by atoms with E-state index in [1.54, 1.807) is 0 Å². The van der Waals surface area contributed by atoms with Gasteiger partial charge < -0.3 is 9.57 Å². The second-order valence-electron chi connectivity index (χ2n) is 6.52. The van der Waals surface area contributed by atoms with Crippen molar-refractivity contribution in [1.82, 2.24) is 15.3 Å². The lowest BCUT2D eigenvalue weighted by molar-refractivity contribution is -0.197. The number of carbonyl (C=O) groups is 3. The van der Waals surface area contributed by atoms with Crippen molar-refractivity contribution in [3.8, 4) is 16.3 Å². The molecule has 0 bridgehead atoms. The molecule has 33 heavy (non-hydrogen) atoms. The number of nitrogens with zero attached hydrogens (tertiary/aromatic N) is 6. The van der Waals surface area contributed by atoms with Crippen molar-refractivity contribution in [2.45, 2.75) is 37.1 Å². The average molecular weight is 496 g/mol. The first-order valence-electron chi connectivity index (χ1n) is 9.33. The van der Waals surface area contributed by atoms with Crippen LogP contribution in [0.2, 0.25) is 0 Å². The van der Waals surface area contributed by atoms with Crippen LogP contribution in [0.1, 0.15) is 30.7 Å². The molecule has 1 aliphatic heterocycles. The second-order valence-corrected chi connectivity index (χ2v) is 8.98. The van der Waals surface area contributed by atoms with E-state index in [2.05, 4.69) is 20.2 Å². The minimum Gasteiger partial charge on any atom is -0.492 e. The van der Waals surface area contributed by atoms with Crippen LogP contribution in [-0.4, -0.2) is 52.6 Å². The Hall–Kier alpha value is -3.59. The maximum atomic E-state index is 11.8. The number of carbonyl (C=O) groups excluding carboxylic acids is 3. The topological polar surface area (TPSA) is 202 Å². The number of azide groups is 1. The lowest BCUT2D eigenvalue weighted by Crippen LogP contribution is -2.32. The molecule has 1 N–H and O–H groups in total. The zero-order valence-electron chi connectivity index (χ0n) is 16.8. The van der Waals surface area contributed by atoms with Gasteiger partial charge in [0.2, 0.25) is 0 Å². The molecule has 16 heteroatoms. The summed E-state index contributed by atoms with van der Waals surface area (Å²) in [5.41, 5.74) is 8.70. The third kappa shape index (κ3) is 6.23. The van der Waals surface area contributed by atoms with E-state index in [1.807, 2.05) is 0 Å². The molecule has 0 aliphatic carbocycles. The summed E-state index contributed by atoms with van der Waals surface area (Å²) in [5, 5.41) is 12.3. The lowest BCUT2D eigenvalue weighted by Gasteiger charge is -2.13. The monoisotopic (exact) mass is 496 g/mol. The van der Waals surface area contributed by atoms with Crippen LogP contribution < -0.4 is 4.74 Å². The van der Waals surface area contributed by atoms with Crippen LogP contribution in [0.4, 0.5) is 0 Å². The number of hydrogen-bond acceptors (Lipinski definition) is 11. The Kier molecular flexibility index (Phi) is 7.55. The minimum absolute atomic E-state index is 0.0109. The number of ether oxygens (including phenoxy) is 1. The highest BCUT2D eigenvalue weighted by Gasteiger charge is 2.32. The molecule has 0 radical (unpaired) electrons. The Morgan fingerprint density at radius 2 is 2.00 bits per heavy atom. The van der Waals surface area contributed by atoms with Gasteiger partial charge in [-0.15, -0.1) is 15.3 Å². The molecule has 1 aromatic carbocycles. The van der Waals surface area contributed by atoms with E-state index in [1.165, 1.54) is 12.1 Å². The van der Waals surface area contributed by atoms with Gasteiger partial charge in [0.25, 0.3) is 21.9 Å². The summed E-state index contributed by atoms with van der Waals surface area (Å²) in [5.74, 6) is -2.16. The van der Waals surface area contributed by atoms with Crippen LogP contribution >= 0.6 is 11.3 Å². The Balaban J connectivity index is 1.62. The molecule has 1 aromatic heterocycles. The van der Waals surface area contributed by atoms with Crippen LogP contribution in [0.25, 0.3) is 21.0 Å². The minimum atomic E-state index is -4.66. The van der Waals surface area contributed by atoms with Gasteiger partial charge in [-0.3, -0.25) is 14.1 Å². The second kappa shape index (κ2) is 10.4. The van der Waals surface area contributed by atoms with Crippen LogP contribution in [0.15, 0.2) is 28.2 Å². The van der Waals surface area contributed by atoms with Crippen LogP contribution in [-0.2, 0) is 35.9 Å². The molecule has 174 valence electrons. The van der Waals surface area contributed by atoms with Gasteiger partial charge in [-0.1, -0.05) is 16.5 Å². The van der Waals surface area contributed by atoms with Gasteiger partial charge >= 0.3 is 5.97 Å². The number of amides is 2. The summed E-state index contributed by atoms with van der Waals surface area (Å²) >= 11 is 1.08. The zero-order valence-corrected chi connectivity index (χ0v) is 18.4. The van der Waals surface area contributed by atoms with Crippen molar-refractivity contribution in [2.24, 2.45) is 5.11 Å². The summed E-state index contributed by atoms with van der Waals surface area (Å²) in [6.45, 7) is -0.128. The van der Waals surface area contributed by atoms with Gasteiger partial charge in [0.05, 0.1) is 19.6 Å². The Morgan fingerprint density at radius 1 is 1.27 bits per heavy atom. The molecule has 2 aromatic rings. The van der Waals surface area contributed by atoms with E-state index in [9.17, 15) is 27.4 Å². The fourth-order valence-electron chi connectivity index (χ4n) is 2.69. The van der Waals surface area contributed by atoms with Crippen molar-refractivity contribution in [2.75, 3.05) is 6.61 Å². The van der Waals surface area contributed by atoms with Crippen molar-refractivity contribution in [1.29, 1.82) is 0 Å². The molecule has 3 rings (SSSR count). The van der Waals surface area contributed by atoms with Crippen molar-refractivity contribution in [3.63, 3.8) is 0 Å². The summed E-state index contributed by atoms with van der Waals surface area (Å²) in [4.78, 5) is 41.5. The molecule has 0 saturated carbocycles. The fourth-order valence-corrected chi connectivity index (χ4v) is 4.10. The maximum Gasteiger partial charge on any atom is 0.333 e. The van der Waals surface area contributed by atoms with Gasteiger partial charge in [0.15, 0.2) is 0 Å². The quantitative estimate of drug-likeness (QED) is 0.127. The van der Waals surface area contributed by atoms with Crippen molar-refractivity contribution in [3.05, 3.63) is 33.6 Å². The molecule has 0 spiro atoms. The number of hydroxylamine groups is 2. The van der Waals surface area contributed by atoms with E-state index in [4.69, 9.17) is 15.1 Å². The molecule has 14 nitrogen and oxygen atoms in total. The molecular formula is C17H16N6O8S2. The van der Waals surface area contributed by atoms with Crippen LogP contribution in [0.3, 0.4) is 0 Å². The summed E-state index contributed by atoms with van der Waals surface area (Å²) in [6, 6.07) is 3.97. The van der Waals surface area contributed by atoms with Crippen LogP contribution in [0.5, 0.6) is 5.75 Å². The van der Waals surface area contributed by atoms with E-state index in [0.717, 1.165) is 17.4 Å². The molecule has 1 saturated heterocycles. The van der Waals surface area contributed by atoms with E-state index >= 15 is 0 Å². The Labute approximate surface area is 190 Å². The first-order chi connectivity index (χ1) is 15.7. The SMILES string of the molecule is [N-]=[N+]=NCc1nnc(-c2ccc(OCCCC(=O)ON3C(=O)CCC3=O)c(S(=O)(=O)O)c2)s1. The highest BCUT2D eigenvalue weighted by atomic mass is 32.2. The van der Waals surface area contributed by atoms with Gasteiger partial charge in [0, 0.05) is 23.3 Å². The number of hydrogen-bond donors (Lipinski definition) is 1. The number of aromatic nitrogens is 2. The fraction of sp³-hybridized carbons (Fsp3) is 0.353. The third-order valence-corrected chi connectivity index (χ3v) is 6.02. The lowest BCUT2D eigenvalue weighted by atomic mass is 10.2. The van der Waals surface area contributed by atoms with Gasteiger partial charge in [-0.25, -0.2) is 4.79 Å². The van der Waals surface area contributed by atoms with Gasteiger partial charge in [-0.05, 0) is 30.2 Å². The largest absolute Gasteiger partial charge is 0.492 e. The molecule has 1 aliphatic rings. The molecule has 1 fully saturated rings. The number of rotatable bonds is 10. The Morgan fingerprint density at radius 3 is 2.67 bits per heavy atom. The summed E-state index contributed by atoms with van der Waals surface area (Å²) < 4.78 is 38.6. The molecule has 0 unspecified atom stereocenters. The smallest absolute Gasteiger partial charge is 0.333 e. The molecule has 2 amide bonds. The highest BCUT2D eigenvalue weighted by molar-refractivity contribution is 7.86. The normalized spacial score (nSPS) is 13.7. The average Bonchev–Trinajstić information content (AvgIpc) is 3.37. The van der Waals surface area contributed by atoms with Crippen molar-refractivity contribution >= 4 is 39.2 Å². The van der Waals surface area contributed by atoms with Crippen LogP contribution in [0, 0.1) is 0 Å². The summed E-state index contributed by atoms with van der Waals surface area (Å²) in [6.07, 6.45) is -0.151. The van der Waals surface area contributed by atoms with Gasteiger partial charge in [0.1, 0.15) is 20.7 Å². The Bertz CT molecular complexity index is 1220. The first kappa shape index (κ1) is 24.1. The molecular weight excluding hydrogens is 480 g/mol. The molecule has 2 heterocycles. The predicted octanol–water partition coefficient (Wildman–Crippen LogP) is 2.03. The highest BCUT2D eigenvalue weighted by Crippen LogP contribution is 2.32. The summed E-state index contributed by atoms with van der Waals surface area (Å²) in [7, 11) is -4.66. The first-order valence-corrected chi connectivity index (χ1v) is 11.6. The molecule has 0 atom stereocenters. The third-order valence-electron chi connectivity index (χ3n) is 4.19. The van der Waals surface area contributed by atoms with E-state index < -0.39 is 32.8 Å². The van der Waals surface area contributed by atoms with Crippen molar-refractivity contribution < 1.29 is 36.9 Å². The standard InChI is InChI=1S/C17H16N6O8S2/c18-22-19-9-13-20-21-17(32-13)10-3-4-11(12(8-10)33(27,28)29)30-7-1-2-16(26)31-23-14(24)5-6-15(23)25/h3-4,8H,1-2,5-7,9H2,(H,27,28,29). The predicted molar refractivity (Wildman–Crippen MR) is 110 cm³/mol. The number of imide groups is 1. The van der Waals surface area contributed by atoms with E-state index in [0.29, 0.717) is 20.6 Å². The number of benzene rings is 1. The maximum absolute atomic E-state index is 11.8. The van der Waals surface area contributed by atoms with E-state index in [-0.39, 0.29) is 44.6 Å².